The Labute approximate surface area is 154 Å². The molecule has 2 aromatic heterocycles. The highest BCUT2D eigenvalue weighted by Gasteiger charge is 2.17. The molecule has 3 rings (SSSR count). The Hall–Kier alpha value is -3.10. The fraction of sp³-hybridized carbons (Fsp3) is 0.333. The van der Waals surface area contributed by atoms with Crippen molar-refractivity contribution < 1.29 is 13.6 Å². The fourth-order valence-electron chi connectivity index (χ4n) is 3.07. The molecule has 0 spiro atoms. The summed E-state index contributed by atoms with van der Waals surface area (Å²) in [6, 6.07) is 2.72. The summed E-state index contributed by atoms with van der Waals surface area (Å²) >= 11 is 0. The molecule has 3 aromatic rings. The smallest absolute Gasteiger partial charge is 0.254 e. The summed E-state index contributed by atoms with van der Waals surface area (Å²) in [6.07, 6.45) is 0.622. The Balaban J connectivity index is 1.69. The van der Waals surface area contributed by atoms with Crippen LogP contribution in [-0.4, -0.2) is 25.5 Å². The molecule has 3 N–H and O–H groups in total. The maximum absolute atomic E-state index is 13.8. The van der Waals surface area contributed by atoms with Crippen LogP contribution in [0.3, 0.4) is 0 Å². The summed E-state index contributed by atoms with van der Waals surface area (Å²) < 4.78 is 28.4. The molecule has 1 aromatic carbocycles. The molecule has 0 saturated carbocycles. The molecule has 0 aliphatic carbocycles. The molecule has 0 bridgehead atoms. The summed E-state index contributed by atoms with van der Waals surface area (Å²) in [4.78, 5) is 20.7. The van der Waals surface area contributed by atoms with Gasteiger partial charge in [-0.3, -0.25) is 4.79 Å². The first kappa shape index (κ1) is 18.7. The minimum atomic E-state index is -0.687. The van der Waals surface area contributed by atoms with Crippen LogP contribution in [-0.2, 0) is 11.2 Å². The number of nitrogens with zero attached hydrogens (tertiary/aromatic N) is 4. The first-order chi connectivity index (χ1) is 12.8. The van der Waals surface area contributed by atoms with Gasteiger partial charge in [0.15, 0.2) is 0 Å². The van der Waals surface area contributed by atoms with Crippen molar-refractivity contribution in [1.29, 1.82) is 0 Å². The third-order valence-electron chi connectivity index (χ3n) is 4.47. The normalized spacial score (nSPS) is 12.3. The van der Waals surface area contributed by atoms with Crippen molar-refractivity contribution >= 4 is 17.6 Å². The van der Waals surface area contributed by atoms with Gasteiger partial charge in [-0.05, 0) is 38.8 Å². The van der Waals surface area contributed by atoms with Gasteiger partial charge in [0.05, 0.1) is 6.04 Å². The molecule has 1 unspecified atom stereocenters. The third kappa shape index (κ3) is 3.86. The minimum absolute atomic E-state index is 0.134. The second kappa shape index (κ2) is 7.26. The van der Waals surface area contributed by atoms with Gasteiger partial charge in [0.1, 0.15) is 11.6 Å². The number of hydrogen-bond acceptors (Lipinski definition) is 5. The Morgan fingerprint density at radius 1 is 1.30 bits per heavy atom. The number of benzene rings is 1. The summed E-state index contributed by atoms with van der Waals surface area (Å²) in [7, 11) is 0. The van der Waals surface area contributed by atoms with Crippen LogP contribution in [0.2, 0.25) is 0 Å². The van der Waals surface area contributed by atoms with E-state index in [0.29, 0.717) is 12.2 Å². The van der Waals surface area contributed by atoms with E-state index in [1.54, 1.807) is 11.4 Å². The van der Waals surface area contributed by atoms with E-state index in [4.69, 9.17) is 5.73 Å². The summed E-state index contributed by atoms with van der Waals surface area (Å²) in [5, 5.41) is 6.82. The monoisotopic (exact) mass is 374 g/mol. The summed E-state index contributed by atoms with van der Waals surface area (Å²) in [5.74, 6) is -1.04. The zero-order valence-electron chi connectivity index (χ0n) is 15.3. The fourth-order valence-corrected chi connectivity index (χ4v) is 3.07. The van der Waals surface area contributed by atoms with Crippen molar-refractivity contribution in [2.24, 2.45) is 0 Å². The standard InChI is InChI=1S/C18H20F2N6O/c1-9-13(11(3)26-18(23-9)24-17(21)25-26)6-7-16(27)22-10(2)14-5-4-12(19)8-15(14)20/h4-5,8,10H,6-7H2,1-3H3,(H2,21,25)(H,22,27). The van der Waals surface area contributed by atoms with Crippen molar-refractivity contribution in [3.05, 3.63) is 52.3 Å². The molecule has 142 valence electrons. The van der Waals surface area contributed by atoms with E-state index in [1.165, 1.54) is 12.1 Å². The topological polar surface area (TPSA) is 98.2 Å². The summed E-state index contributed by atoms with van der Waals surface area (Å²) in [5.41, 5.74) is 8.28. The lowest BCUT2D eigenvalue weighted by Crippen LogP contribution is -2.27. The third-order valence-corrected chi connectivity index (χ3v) is 4.47. The van der Waals surface area contributed by atoms with Crippen LogP contribution >= 0.6 is 0 Å². The molecular formula is C18H20F2N6O. The number of carbonyl (C=O) groups is 1. The first-order valence-corrected chi connectivity index (χ1v) is 8.49. The molecule has 0 aliphatic heterocycles. The lowest BCUT2D eigenvalue weighted by molar-refractivity contribution is -0.121. The lowest BCUT2D eigenvalue weighted by atomic mass is 10.0. The van der Waals surface area contributed by atoms with Gasteiger partial charge in [0, 0.05) is 29.4 Å². The predicted molar refractivity (Wildman–Crippen MR) is 95.9 cm³/mol. The lowest BCUT2D eigenvalue weighted by Gasteiger charge is -2.16. The molecule has 0 aliphatic rings. The van der Waals surface area contributed by atoms with E-state index in [0.717, 1.165) is 23.0 Å². The minimum Gasteiger partial charge on any atom is -0.366 e. The molecule has 0 fully saturated rings. The van der Waals surface area contributed by atoms with Crippen LogP contribution in [0.5, 0.6) is 0 Å². The quantitative estimate of drug-likeness (QED) is 0.715. The van der Waals surface area contributed by atoms with E-state index in [1.807, 2.05) is 13.8 Å². The maximum Gasteiger partial charge on any atom is 0.254 e. The van der Waals surface area contributed by atoms with Crippen molar-refractivity contribution in [2.45, 2.75) is 39.7 Å². The largest absolute Gasteiger partial charge is 0.366 e. The highest BCUT2D eigenvalue weighted by atomic mass is 19.1. The van der Waals surface area contributed by atoms with Gasteiger partial charge in [-0.15, -0.1) is 5.10 Å². The van der Waals surface area contributed by atoms with Crippen molar-refractivity contribution in [3.8, 4) is 0 Å². The number of aryl methyl sites for hydroxylation is 2. The Kier molecular flexibility index (Phi) is 5.02. The van der Waals surface area contributed by atoms with Gasteiger partial charge >= 0.3 is 0 Å². The van der Waals surface area contributed by atoms with Gasteiger partial charge in [0.25, 0.3) is 5.78 Å². The molecule has 27 heavy (non-hydrogen) atoms. The van der Waals surface area contributed by atoms with Crippen LogP contribution < -0.4 is 11.1 Å². The van der Waals surface area contributed by atoms with E-state index in [9.17, 15) is 13.6 Å². The molecule has 0 saturated heterocycles. The number of nitrogen functional groups attached to an aromatic ring is 1. The number of hydrogen-bond donors (Lipinski definition) is 2. The second-order valence-electron chi connectivity index (χ2n) is 6.40. The maximum atomic E-state index is 13.8. The van der Waals surface area contributed by atoms with Crippen LogP contribution in [0.15, 0.2) is 18.2 Å². The molecular weight excluding hydrogens is 354 g/mol. The molecule has 7 nitrogen and oxygen atoms in total. The van der Waals surface area contributed by atoms with Crippen LogP contribution in [0.4, 0.5) is 14.7 Å². The Bertz CT molecular complexity index is 1020. The first-order valence-electron chi connectivity index (χ1n) is 8.49. The zero-order chi connectivity index (χ0) is 19.7. The van der Waals surface area contributed by atoms with E-state index in [2.05, 4.69) is 20.4 Å². The number of rotatable bonds is 5. The number of fused-ring (bicyclic) bond motifs is 1. The predicted octanol–water partition coefficient (Wildman–Crippen LogP) is 2.41. The van der Waals surface area contributed by atoms with Gasteiger partial charge in [0.2, 0.25) is 11.9 Å². The van der Waals surface area contributed by atoms with Crippen molar-refractivity contribution in [2.75, 3.05) is 5.73 Å². The number of halogens is 2. The Morgan fingerprint density at radius 3 is 2.74 bits per heavy atom. The van der Waals surface area contributed by atoms with Gasteiger partial charge < -0.3 is 11.1 Å². The number of carbonyl (C=O) groups excluding carboxylic acids is 1. The molecule has 2 heterocycles. The van der Waals surface area contributed by atoms with Gasteiger partial charge in [-0.2, -0.15) is 9.50 Å². The highest BCUT2D eigenvalue weighted by Crippen LogP contribution is 2.19. The SMILES string of the molecule is Cc1nc2nc(N)nn2c(C)c1CCC(=O)NC(C)c1ccc(F)cc1F. The van der Waals surface area contributed by atoms with Gasteiger partial charge in [-0.1, -0.05) is 6.07 Å². The highest BCUT2D eigenvalue weighted by molar-refractivity contribution is 5.76. The van der Waals surface area contributed by atoms with E-state index < -0.39 is 17.7 Å². The average Bonchev–Trinajstić information content (AvgIpc) is 2.94. The summed E-state index contributed by atoms with van der Waals surface area (Å²) in [6.45, 7) is 5.34. The number of aromatic nitrogens is 4. The second-order valence-corrected chi connectivity index (χ2v) is 6.40. The number of anilines is 1. The number of nitrogens with two attached hydrogens (primary N) is 1. The number of nitrogens with one attached hydrogen (secondary N) is 1. The molecule has 9 heteroatoms. The van der Waals surface area contributed by atoms with Crippen LogP contribution in [0.25, 0.3) is 5.78 Å². The van der Waals surface area contributed by atoms with E-state index in [-0.39, 0.29) is 23.8 Å². The zero-order valence-corrected chi connectivity index (χ0v) is 15.3. The molecule has 1 amide bonds. The van der Waals surface area contributed by atoms with Crippen molar-refractivity contribution in [1.82, 2.24) is 24.9 Å². The molecule has 1 atom stereocenters. The average molecular weight is 374 g/mol. The molecule has 0 radical (unpaired) electrons. The number of amides is 1. The van der Waals surface area contributed by atoms with E-state index >= 15 is 0 Å². The van der Waals surface area contributed by atoms with Crippen molar-refractivity contribution in [3.63, 3.8) is 0 Å². The van der Waals surface area contributed by atoms with Gasteiger partial charge in [-0.25, -0.2) is 13.8 Å². The van der Waals surface area contributed by atoms with Crippen LogP contribution in [0.1, 0.15) is 41.9 Å². The van der Waals surface area contributed by atoms with Crippen LogP contribution in [0, 0.1) is 25.5 Å². The Morgan fingerprint density at radius 2 is 2.04 bits per heavy atom.